The number of esters is 1. The Morgan fingerprint density at radius 1 is 1.00 bits per heavy atom. The summed E-state index contributed by atoms with van der Waals surface area (Å²) in [5, 5.41) is 2.69. The highest BCUT2D eigenvalue weighted by atomic mass is 16.7. The topological polar surface area (TPSA) is 97.4 Å². The van der Waals surface area contributed by atoms with Crippen molar-refractivity contribution in [2.75, 3.05) is 47.5 Å². The molecule has 0 unspecified atom stereocenters. The van der Waals surface area contributed by atoms with Crippen molar-refractivity contribution < 1.29 is 28.6 Å². The number of ether oxygens (including phenoxy) is 3. The molecule has 2 rings (SSSR count). The molecule has 1 saturated carbocycles. The molecule has 24 heavy (non-hydrogen) atoms. The molecule has 136 valence electrons. The Labute approximate surface area is 141 Å². The molecule has 0 aromatic heterocycles. The first-order chi connectivity index (χ1) is 11.5. The van der Waals surface area contributed by atoms with Gasteiger partial charge in [0.05, 0.1) is 7.11 Å². The van der Waals surface area contributed by atoms with Crippen LogP contribution in [0.2, 0.25) is 0 Å². The Hall–Kier alpha value is -1.71. The first kappa shape index (κ1) is 18.6. The van der Waals surface area contributed by atoms with E-state index in [1.54, 1.807) is 0 Å². The number of nitrogens with one attached hydrogen (secondary N) is 1. The zero-order valence-corrected chi connectivity index (χ0v) is 14.3. The smallest absolute Gasteiger partial charge is 0.328 e. The number of nitrogens with zero attached hydrogens (tertiary/aromatic N) is 2. The third-order valence-corrected chi connectivity index (χ3v) is 4.27. The molecule has 1 atom stereocenters. The lowest BCUT2D eigenvalue weighted by molar-refractivity contribution is -0.181. The van der Waals surface area contributed by atoms with Gasteiger partial charge < -0.3 is 24.4 Å². The largest absolute Gasteiger partial charge is 0.468 e. The third-order valence-electron chi connectivity index (χ3n) is 4.27. The van der Waals surface area contributed by atoms with E-state index in [0.717, 1.165) is 12.8 Å². The molecule has 1 saturated heterocycles. The average Bonchev–Trinajstić information content (AvgIpc) is 3.42. The molecule has 9 nitrogen and oxygen atoms in total. The lowest BCUT2D eigenvalue weighted by atomic mass is 10.2. The zero-order valence-electron chi connectivity index (χ0n) is 14.3. The van der Waals surface area contributed by atoms with Crippen molar-refractivity contribution in [2.24, 2.45) is 0 Å². The summed E-state index contributed by atoms with van der Waals surface area (Å²) in [5.41, 5.74) is 0. The molecule has 2 fully saturated rings. The molecule has 0 radical (unpaired) electrons. The monoisotopic (exact) mass is 343 g/mol. The van der Waals surface area contributed by atoms with Crippen LogP contribution in [0.5, 0.6) is 0 Å². The molecule has 1 aliphatic carbocycles. The normalized spacial score (nSPS) is 19.9. The van der Waals surface area contributed by atoms with Crippen LogP contribution in [0.1, 0.15) is 12.8 Å². The molecule has 0 aromatic carbocycles. The highest BCUT2D eigenvalue weighted by molar-refractivity contribution is 6.35. The van der Waals surface area contributed by atoms with E-state index in [0.29, 0.717) is 26.2 Å². The van der Waals surface area contributed by atoms with Crippen LogP contribution in [0.15, 0.2) is 0 Å². The first-order valence-electron chi connectivity index (χ1n) is 7.99. The summed E-state index contributed by atoms with van der Waals surface area (Å²) in [6.45, 7) is 1.55. The summed E-state index contributed by atoms with van der Waals surface area (Å²) in [5.74, 6) is -1.54. The zero-order chi connectivity index (χ0) is 17.7. The van der Waals surface area contributed by atoms with Gasteiger partial charge >= 0.3 is 17.8 Å². The predicted octanol–water partition coefficient (Wildman–Crippen LogP) is -1.43. The van der Waals surface area contributed by atoms with Gasteiger partial charge in [-0.25, -0.2) is 0 Å². The Morgan fingerprint density at radius 2 is 1.58 bits per heavy atom. The van der Waals surface area contributed by atoms with Gasteiger partial charge in [0.1, 0.15) is 0 Å². The number of carbonyl (C=O) groups excluding carboxylic acids is 3. The molecular weight excluding hydrogens is 318 g/mol. The summed E-state index contributed by atoms with van der Waals surface area (Å²) in [4.78, 5) is 39.4. The fourth-order valence-electron chi connectivity index (χ4n) is 2.73. The molecule has 0 aromatic rings. The molecule has 1 aliphatic heterocycles. The van der Waals surface area contributed by atoms with Gasteiger partial charge in [-0.3, -0.25) is 19.3 Å². The molecule has 9 heteroatoms. The highest BCUT2D eigenvalue weighted by Crippen LogP contribution is 2.19. The van der Waals surface area contributed by atoms with E-state index in [1.165, 1.54) is 26.2 Å². The van der Waals surface area contributed by atoms with Gasteiger partial charge in [-0.2, -0.15) is 0 Å². The van der Waals surface area contributed by atoms with Crippen LogP contribution in [-0.4, -0.2) is 93.5 Å². The third kappa shape index (κ3) is 4.43. The Morgan fingerprint density at radius 3 is 2.04 bits per heavy atom. The number of methoxy groups -OCH3 is 3. The van der Waals surface area contributed by atoms with E-state index in [9.17, 15) is 14.4 Å². The van der Waals surface area contributed by atoms with Gasteiger partial charge in [0, 0.05) is 46.4 Å². The van der Waals surface area contributed by atoms with E-state index in [-0.39, 0.29) is 6.04 Å². The molecular formula is C15H25N3O6. The molecule has 2 aliphatic rings. The summed E-state index contributed by atoms with van der Waals surface area (Å²) in [6, 6.07) is -0.571. The lowest BCUT2D eigenvalue weighted by Crippen LogP contribution is -2.59. The van der Waals surface area contributed by atoms with Crippen molar-refractivity contribution in [3.05, 3.63) is 0 Å². The minimum absolute atomic E-state index is 0.149. The molecule has 0 spiro atoms. The number of hydrogen-bond donors (Lipinski definition) is 1. The summed E-state index contributed by atoms with van der Waals surface area (Å²) < 4.78 is 15.2. The molecule has 2 amide bonds. The number of carbonyl (C=O) groups is 3. The maximum Gasteiger partial charge on any atom is 0.328 e. The van der Waals surface area contributed by atoms with Crippen LogP contribution in [-0.2, 0) is 28.6 Å². The van der Waals surface area contributed by atoms with Gasteiger partial charge in [0.2, 0.25) is 0 Å². The van der Waals surface area contributed by atoms with Crippen molar-refractivity contribution in [3.8, 4) is 0 Å². The van der Waals surface area contributed by atoms with Gasteiger partial charge in [-0.15, -0.1) is 0 Å². The Bertz CT molecular complexity index is 470. The maximum atomic E-state index is 12.1. The second-order valence-electron chi connectivity index (χ2n) is 5.88. The number of rotatable bonds is 6. The summed E-state index contributed by atoms with van der Waals surface area (Å²) in [7, 11) is 4.21. The molecule has 0 bridgehead atoms. The quantitative estimate of drug-likeness (QED) is 0.359. The van der Waals surface area contributed by atoms with Crippen molar-refractivity contribution in [3.63, 3.8) is 0 Å². The fraction of sp³-hybridized carbons (Fsp3) is 0.800. The van der Waals surface area contributed by atoms with E-state index in [2.05, 4.69) is 5.32 Å². The number of piperazine rings is 1. The van der Waals surface area contributed by atoms with Crippen LogP contribution in [0.4, 0.5) is 0 Å². The predicted molar refractivity (Wildman–Crippen MR) is 82.9 cm³/mol. The van der Waals surface area contributed by atoms with Crippen LogP contribution in [0.25, 0.3) is 0 Å². The van der Waals surface area contributed by atoms with Crippen molar-refractivity contribution in [1.82, 2.24) is 15.1 Å². The van der Waals surface area contributed by atoms with Crippen LogP contribution in [0.3, 0.4) is 0 Å². The standard InChI is InChI=1S/C15H25N3O6/c1-22-14(21)11(15(23-2)24-3)17-6-8-18(9-7-17)13(20)12(19)16-10-4-5-10/h10-11,15H,4-9H2,1-3H3,(H,16,19)/t11-/m0/s1. The maximum absolute atomic E-state index is 12.1. The van der Waals surface area contributed by atoms with Crippen molar-refractivity contribution in [1.29, 1.82) is 0 Å². The van der Waals surface area contributed by atoms with Crippen LogP contribution in [0, 0.1) is 0 Å². The van der Waals surface area contributed by atoms with Gasteiger partial charge in [0.25, 0.3) is 0 Å². The van der Waals surface area contributed by atoms with Crippen LogP contribution >= 0.6 is 0 Å². The van der Waals surface area contributed by atoms with Crippen LogP contribution < -0.4 is 5.32 Å². The molecule has 1 N–H and O–H groups in total. The highest BCUT2D eigenvalue weighted by Gasteiger charge is 2.38. The van der Waals surface area contributed by atoms with E-state index in [1.807, 2.05) is 4.90 Å². The van der Waals surface area contributed by atoms with Gasteiger partial charge in [0.15, 0.2) is 12.3 Å². The second kappa shape index (κ2) is 8.41. The van der Waals surface area contributed by atoms with Crippen molar-refractivity contribution >= 4 is 17.8 Å². The van der Waals surface area contributed by atoms with Gasteiger partial charge in [-0.1, -0.05) is 0 Å². The SMILES string of the molecule is COC(=O)[C@@H](C(OC)OC)N1CCN(C(=O)C(=O)NC2CC2)CC1. The van der Waals surface area contributed by atoms with E-state index >= 15 is 0 Å². The number of amides is 2. The summed E-state index contributed by atoms with van der Waals surface area (Å²) in [6.07, 6.45) is 1.10. The number of hydrogen-bond acceptors (Lipinski definition) is 7. The average molecular weight is 343 g/mol. The second-order valence-corrected chi connectivity index (χ2v) is 5.88. The Balaban J connectivity index is 1.92. The first-order valence-corrected chi connectivity index (χ1v) is 7.99. The van der Waals surface area contributed by atoms with Gasteiger partial charge in [-0.05, 0) is 12.8 Å². The van der Waals surface area contributed by atoms with Crippen molar-refractivity contribution in [2.45, 2.75) is 31.2 Å². The molecule has 1 heterocycles. The van der Waals surface area contributed by atoms with E-state index in [4.69, 9.17) is 14.2 Å². The minimum Gasteiger partial charge on any atom is -0.468 e. The fourth-order valence-corrected chi connectivity index (χ4v) is 2.73. The summed E-state index contributed by atoms with van der Waals surface area (Å²) >= 11 is 0. The van der Waals surface area contributed by atoms with E-state index < -0.39 is 30.1 Å². The minimum atomic E-state index is -0.766. The lowest BCUT2D eigenvalue weighted by Gasteiger charge is -2.39. The Kier molecular flexibility index (Phi) is 6.52.